The normalized spacial score (nSPS) is 11.3. The zero-order valence-electron chi connectivity index (χ0n) is 11.6. The molecule has 0 amide bonds. The van der Waals surface area contributed by atoms with Gasteiger partial charge in [-0.1, -0.05) is 35.9 Å². The highest BCUT2D eigenvalue weighted by Gasteiger charge is 2.04. The van der Waals surface area contributed by atoms with Gasteiger partial charge < -0.3 is 10.1 Å². The number of carbonyl (C=O) groups is 1. The zero-order valence-corrected chi connectivity index (χ0v) is 11.6. The molecule has 0 spiro atoms. The minimum absolute atomic E-state index is 0.877. The van der Waals surface area contributed by atoms with Crippen LogP contribution in [-0.2, 0) is 4.79 Å². The molecule has 21 heavy (non-hydrogen) atoms. The van der Waals surface area contributed by atoms with E-state index in [1.807, 2.05) is 18.3 Å². The predicted molar refractivity (Wildman–Crippen MR) is 85.1 cm³/mol. The summed E-state index contributed by atoms with van der Waals surface area (Å²) in [5, 5.41) is 9.77. The quantitative estimate of drug-likeness (QED) is 0.703. The molecular weight excluding hydrogens is 262 g/mol. The third-order valence-corrected chi connectivity index (χ3v) is 3.47. The van der Waals surface area contributed by atoms with Crippen molar-refractivity contribution in [2.45, 2.75) is 6.92 Å². The van der Waals surface area contributed by atoms with E-state index in [4.69, 9.17) is 5.11 Å². The minimum atomic E-state index is -0.945. The molecular formula is C18H15NO2. The molecule has 3 rings (SSSR count). The second kappa shape index (κ2) is 5.29. The average molecular weight is 277 g/mol. The Morgan fingerprint density at radius 1 is 1.14 bits per heavy atom. The molecule has 0 aliphatic heterocycles. The van der Waals surface area contributed by atoms with Gasteiger partial charge in [-0.25, -0.2) is 4.79 Å². The average Bonchev–Trinajstić information content (AvgIpc) is 2.87. The molecule has 0 aliphatic carbocycles. The first-order valence-corrected chi connectivity index (χ1v) is 6.73. The highest BCUT2D eigenvalue weighted by atomic mass is 16.4. The number of carboxylic acids is 1. The highest BCUT2D eigenvalue weighted by molar-refractivity contribution is 5.95. The van der Waals surface area contributed by atoms with E-state index < -0.39 is 5.97 Å². The van der Waals surface area contributed by atoms with E-state index in [1.54, 1.807) is 6.08 Å². The Hall–Kier alpha value is -2.81. The molecule has 104 valence electrons. The summed E-state index contributed by atoms with van der Waals surface area (Å²) in [5.41, 5.74) is 5.37. The Labute approximate surface area is 122 Å². The fourth-order valence-corrected chi connectivity index (χ4v) is 2.45. The van der Waals surface area contributed by atoms with Crippen LogP contribution in [0.3, 0.4) is 0 Å². The van der Waals surface area contributed by atoms with Gasteiger partial charge in [0.25, 0.3) is 0 Å². The summed E-state index contributed by atoms with van der Waals surface area (Å²) in [7, 11) is 0. The van der Waals surface area contributed by atoms with Gasteiger partial charge in [0.2, 0.25) is 0 Å². The van der Waals surface area contributed by atoms with Crippen LogP contribution in [0.15, 0.2) is 54.7 Å². The zero-order chi connectivity index (χ0) is 14.8. The Bertz CT molecular complexity index is 843. The lowest BCUT2D eigenvalue weighted by atomic mass is 10.0. The second-order valence-electron chi connectivity index (χ2n) is 5.05. The van der Waals surface area contributed by atoms with Crippen molar-refractivity contribution in [1.29, 1.82) is 0 Å². The summed E-state index contributed by atoms with van der Waals surface area (Å²) in [6, 6.07) is 14.5. The first kappa shape index (κ1) is 13.2. The van der Waals surface area contributed by atoms with E-state index in [-0.39, 0.29) is 0 Å². The van der Waals surface area contributed by atoms with Crippen LogP contribution in [0.5, 0.6) is 0 Å². The highest BCUT2D eigenvalue weighted by Crippen LogP contribution is 2.27. The number of benzene rings is 2. The Balaban J connectivity index is 2.10. The summed E-state index contributed by atoms with van der Waals surface area (Å²) < 4.78 is 0. The van der Waals surface area contributed by atoms with E-state index in [0.29, 0.717) is 0 Å². The summed E-state index contributed by atoms with van der Waals surface area (Å²) in [5.74, 6) is -0.945. The van der Waals surface area contributed by atoms with Gasteiger partial charge in [-0.15, -0.1) is 0 Å². The number of nitrogens with one attached hydrogen (secondary N) is 1. The van der Waals surface area contributed by atoms with Gasteiger partial charge in [-0.3, -0.25) is 0 Å². The summed E-state index contributed by atoms with van der Waals surface area (Å²) >= 11 is 0. The fraction of sp³-hybridized carbons (Fsp3) is 0.0556. The van der Waals surface area contributed by atoms with Crippen LogP contribution in [-0.4, -0.2) is 16.1 Å². The van der Waals surface area contributed by atoms with Crippen LogP contribution in [0.4, 0.5) is 0 Å². The first-order valence-electron chi connectivity index (χ1n) is 6.73. The number of aromatic amines is 1. The fourth-order valence-electron chi connectivity index (χ4n) is 2.45. The van der Waals surface area contributed by atoms with Gasteiger partial charge in [0.15, 0.2) is 0 Å². The van der Waals surface area contributed by atoms with E-state index in [0.717, 1.165) is 33.7 Å². The summed E-state index contributed by atoms with van der Waals surface area (Å²) in [6.45, 7) is 2.07. The maximum absolute atomic E-state index is 10.7. The molecule has 3 nitrogen and oxygen atoms in total. The van der Waals surface area contributed by atoms with Crippen molar-refractivity contribution >= 4 is 22.9 Å². The van der Waals surface area contributed by atoms with Crippen molar-refractivity contribution in [3.8, 4) is 11.1 Å². The van der Waals surface area contributed by atoms with Gasteiger partial charge in [-0.2, -0.15) is 0 Å². The number of fused-ring (bicyclic) bond motifs is 1. The lowest BCUT2D eigenvalue weighted by Crippen LogP contribution is -1.85. The number of rotatable bonds is 3. The molecule has 0 aliphatic rings. The molecule has 0 atom stereocenters. The van der Waals surface area contributed by atoms with Crippen LogP contribution in [0.1, 0.15) is 11.1 Å². The molecule has 0 radical (unpaired) electrons. The standard InChI is InChI=1S/C18H15NO2/c1-12-3-2-4-13(9-12)14-5-7-17-16(10-14)15(11-19-17)6-8-18(20)21/h2-11,19H,1H3,(H,20,21)/b8-6-. The van der Waals surface area contributed by atoms with Crippen molar-refractivity contribution < 1.29 is 9.90 Å². The molecule has 3 heteroatoms. The molecule has 0 unspecified atom stereocenters. The van der Waals surface area contributed by atoms with Crippen molar-refractivity contribution in [2.24, 2.45) is 0 Å². The molecule has 2 N–H and O–H groups in total. The van der Waals surface area contributed by atoms with Crippen molar-refractivity contribution in [1.82, 2.24) is 4.98 Å². The monoisotopic (exact) mass is 277 g/mol. The van der Waals surface area contributed by atoms with E-state index in [9.17, 15) is 4.79 Å². The van der Waals surface area contributed by atoms with Crippen LogP contribution < -0.4 is 0 Å². The van der Waals surface area contributed by atoms with E-state index >= 15 is 0 Å². The molecule has 1 aromatic heterocycles. The number of hydrogen-bond donors (Lipinski definition) is 2. The largest absolute Gasteiger partial charge is 0.478 e. The Morgan fingerprint density at radius 3 is 2.71 bits per heavy atom. The van der Waals surface area contributed by atoms with Gasteiger partial charge in [0, 0.05) is 28.7 Å². The van der Waals surface area contributed by atoms with E-state index in [1.165, 1.54) is 5.56 Å². The molecule has 1 heterocycles. The topological polar surface area (TPSA) is 53.1 Å². The number of H-pyrrole nitrogens is 1. The molecule has 2 aromatic carbocycles. The van der Waals surface area contributed by atoms with Gasteiger partial charge >= 0.3 is 5.97 Å². The van der Waals surface area contributed by atoms with Gasteiger partial charge in [-0.05, 0) is 36.3 Å². The lowest BCUT2D eigenvalue weighted by molar-refractivity contribution is -0.131. The first-order chi connectivity index (χ1) is 10.1. The third-order valence-electron chi connectivity index (χ3n) is 3.47. The summed E-state index contributed by atoms with van der Waals surface area (Å²) in [6.07, 6.45) is 4.59. The maximum atomic E-state index is 10.7. The van der Waals surface area contributed by atoms with Crippen LogP contribution in [0.25, 0.3) is 28.1 Å². The third kappa shape index (κ3) is 2.72. The van der Waals surface area contributed by atoms with E-state index in [2.05, 4.69) is 42.2 Å². The molecule has 0 fully saturated rings. The van der Waals surface area contributed by atoms with Crippen molar-refractivity contribution in [3.63, 3.8) is 0 Å². The maximum Gasteiger partial charge on any atom is 0.328 e. The minimum Gasteiger partial charge on any atom is -0.478 e. The van der Waals surface area contributed by atoms with Crippen LogP contribution in [0.2, 0.25) is 0 Å². The molecule has 0 bridgehead atoms. The number of aliphatic carboxylic acids is 1. The smallest absolute Gasteiger partial charge is 0.328 e. The SMILES string of the molecule is Cc1cccc(-c2ccc3[nH]cc(/C=C\C(=O)O)c3c2)c1. The van der Waals surface area contributed by atoms with Crippen LogP contribution >= 0.6 is 0 Å². The lowest BCUT2D eigenvalue weighted by Gasteiger charge is -2.04. The molecule has 0 saturated carbocycles. The van der Waals surface area contributed by atoms with Gasteiger partial charge in [0.1, 0.15) is 0 Å². The Morgan fingerprint density at radius 2 is 1.95 bits per heavy atom. The summed E-state index contributed by atoms with van der Waals surface area (Å²) in [4.78, 5) is 13.8. The van der Waals surface area contributed by atoms with Crippen molar-refractivity contribution in [3.05, 3.63) is 65.9 Å². The second-order valence-corrected chi connectivity index (χ2v) is 5.05. The molecule has 3 aromatic rings. The Kier molecular flexibility index (Phi) is 3.32. The number of aromatic nitrogens is 1. The van der Waals surface area contributed by atoms with Crippen molar-refractivity contribution in [2.75, 3.05) is 0 Å². The predicted octanol–water partition coefficient (Wildman–Crippen LogP) is 4.24. The van der Waals surface area contributed by atoms with Crippen LogP contribution in [0, 0.1) is 6.92 Å². The number of hydrogen-bond acceptors (Lipinski definition) is 1. The number of aryl methyl sites for hydroxylation is 1. The van der Waals surface area contributed by atoms with Gasteiger partial charge in [0.05, 0.1) is 0 Å². The molecule has 0 saturated heterocycles. The number of carboxylic acid groups (broad SMARTS) is 1.